The van der Waals surface area contributed by atoms with Crippen LogP contribution in [-0.4, -0.2) is 21.4 Å². The van der Waals surface area contributed by atoms with E-state index in [1.165, 1.54) is 0 Å². The maximum absolute atomic E-state index is 10.4. The second-order valence-corrected chi connectivity index (χ2v) is 3.58. The van der Waals surface area contributed by atoms with Gasteiger partial charge in [0.05, 0.1) is 6.20 Å². The molecule has 5 heteroatoms. The molecule has 0 aliphatic heterocycles. The number of thioether (sulfide) groups is 1. The summed E-state index contributed by atoms with van der Waals surface area (Å²) in [6.07, 6.45) is 4.09. The molecule has 1 heterocycles. The van der Waals surface area contributed by atoms with Crippen LogP contribution in [0.5, 0.6) is 0 Å². The normalized spacial score (nSPS) is 10.1. The molecule has 66 valence electrons. The molecule has 12 heavy (non-hydrogen) atoms. The number of hydrogen-bond donors (Lipinski definition) is 1. The van der Waals surface area contributed by atoms with E-state index in [0.29, 0.717) is 6.42 Å². The van der Waals surface area contributed by atoms with Crippen molar-refractivity contribution in [1.29, 1.82) is 0 Å². The summed E-state index contributed by atoms with van der Waals surface area (Å²) >= 11 is 1.59. The van der Waals surface area contributed by atoms with Crippen LogP contribution in [-0.2, 0) is 11.8 Å². The van der Waals surface area contributed by atoms with E-state index in [9.17, 15) is 4.79 Å². The van der Waals surface area contributed by atoms with Gasteiger partial charge >= 0.3 is 0 Å². The average molecular weight is 185 g/mol. The zero-order valence-electron chi connectivity index (χ0n) is 6.86. The highest BCUT2D eigenvalue weighted by atomic mass is 32.2. The Balaban J connectivity index is 2.29. The molecule has 1 aromatic heterocycles. The zero-order valence-corrected chi connectivity index (χ0v) is 7.67. The van der Waals surface area contributed by atoms with Crippen LogP contribution in [0.2, 0.25) is 0 Å². The Bertz CT molecular complexity index is 271. The number of nitrogens with two attached hydrogens (primary N) is 1. The summed E-state index contributed by atoms with van der Waals surface area (Å²) in [5.41, 5.74) is 4.99. The number of amides is 1. The highest BCUT2D eigenvalue weighted by Crippen LogP contribution is 2.16. The molecule has 1 amide bonds. The van der Waals surface area contributed by atoms with Crippen molar-refractivity contribution in [1.82, 2.24) is 9.78 Å². The number of hydrogen-bond acceptors (Lipinski definition) is 3. The first kappa shape index (κ1) is 9.12. The van der Waals surface area contributed by atoms with Gasteiger partial charge in [0.1, 0.15) is 0 Å². The minimum absolute atomic E-state index is 0.258. The standard InChI is InChI=1S/C7H11N3OS/c1-10-5-6(4-9-10)12-3-2-7(8)11/h4-5H,2-3H2,1H3,(H2,8,11). The molecule has 0 atom stereocenters. The van der Waals surface area contributed by atoms with Crippen LogP contribution in [0.15, 0.2) is 17.3 Å². The van der Waals surface area contributed by atoms with E-state index in [-0.39, 0.29) is 5.91 Å². The van der Waals surface area contributed by atoms with E-state index in [4.69, 9.17) is 5.73 Å². The van der Waals surface area contributed by atoms with Crippen molar-refractivity contribution in [3.8, 4) is 0 Å². The Morgan fingerprint density at radius 3 is 3.08 bits per heavy atom. The SMILES string of the molecule is Cn1cc(SCCC(N)=O)cn1. The molecular weight excluding hydrogens is 174 g/mol. The van der Waals surface area contributed by atoms with Crippen molar-refractivity contribution in [3.05, 3.63) is 12.4 Å². The minimum Gasteiger partial charge on any atom is -0.370 e. The Hall–Kier alpha value is -0.970. The van der Waals surface area contributed by atoms with Crippen LogP contribution in [0, 0.1) is 0 Å². The molecule has 2 N–H and O–H groups in total. The molecule has 1 aromatic rings. The third-order valence-electron chi connectivity index (χ3n) is 1.30. The molecule has 0 unspecified atom stereocenters. The molecule has 0 fully saturated rings. The van der Waals surface area contributed by atoms with Crippen molar-refractivity contribution in [3.63, 3.8) is 0 Å². The molecule has 0 aliphatic carbocycles. The molecule has 0 aromatic carbocycles. The molecule has 4 nitrogen and oxygen atoms in total. The Morgan fingerprint density at radius 1 is 1.83 bits per heavy atom. The van der Waals surface area contributed by atoms with Gasteiger partial charge in [-0.25, -0.2) is 0 Å². The lowest BCUT2D eigenvalue weighted by molar-refractivity contribution is -0.117. The lowest BCUT2D eigenvalue weighted by atomic mass is 10.5. The van der Waals surface area contributed by atoms with Crippen LogP contribution in [0.3, 0.4) is 0 Å². The summed E-state index contributed by atoms with van der Waals surface area (Å²) < 4.78 is 1.73. The van der Waals surface area contributed by atoms with Crippen LogP contribution in [0.1, 0.15) is 6.42 Å². The van der Waals surface area contributed by atoms with E-state index in [1.54, 1.807) is 22.6 Å². The van der Waals surface area contributed by atoms with Crippen LogP contribution >= 0.6 is 11.8 Å². The maximum atomic E-state index is 10.4. The van der Waals surface area contributed by atoms with Crippen LogP contribution in [0.25, 0.3) is 0 Å². The zero-order chi connectivity index (χ0) is 8.97. The number of primary amides is 1. The Morgan fingerprint density at radius 2 is 2.58 bits per heavy atom. The molecule has 0 radical (unpaired) electrons. The molecule has 0 saturated carbocycles. The first-order chi connectivity index (χ1) is 5.68. The van der Waals surface area contributed by atoms with E-state index in [1.807, 2.05) is 13.2 Å². The van der Waals surface area contributed by atoms with Crippen molar-refractivity contribution in [2.45, 2.75) is 11.3 Å². The van der Waals surface area contributed by atoms with E-state index < -0.39 is 0 Å². The van der Waals surface area contributed by atoms with Gasteiger partial charge in [0.25, 0.3) is 0 Å². The third kappa shape index (κ3) is 2.96. The highest BCUT2D eigenvalue weighted by molar-refractivity contribution is 7.99. The lowest BCUT2D eigenvalue weighted by Crippen LogP contribution is -2.10. The molecule has 0 spiro atoms. The first-order valence-electron chi connectivity index (χ1n) is 3.58. The fraction of sp³-hybridized carbons (Fsp3) is 0.429. The van der Waals surface area contributed by atoms with E-state index in [2.05, 4.69) is 5.10 Å². The van der Waals surface area contributed by atoms with Gasteiger partial charge < -0.3 is 5.73 Å². The quantitative estimate of drug-likeness (QED) is 0.690. The number of nitrogens with zero attached hydrogens (tertiary/aromatic N) is 2. The monoisotopic (exact) mass is 185 g/mol. The molecule has 1 rings (SSSR count). The Labute approximate surface area is 75.1 Å². The topological polar surface area (TPSA) is 60.9 Å². The minimum atomic E-state index is -0.258. The smallest absolute Gasteiger partial charge is 0.218 e. The fourth-order valence-electron chi connectivity index (χ4n) is 0.743. The van der Waals surface area contributed by atoms with Crippen LogP contribution in [0.4, 0.5) is 0 Å². The van der Waals surface area contributed by atoms with Gasteiger partial charge in [-0.3, -0.25) is 9.48 Å². The predicted octanol–water partition coefficient (Wildman–Crippen LogP) is 0.388. The average Bonchev–Trinajstić information content (AvgIpc) is 2.35. The third-order valence-corrected chi connectivity index (χ3v) is 2.25. The highest BCUT2D eigenvalue weighted by Gasteiger charge is 1.98. The van der Waals surface area contributed by atoms with Gasteiger partial charge in [0, 0.05) is 30.3 Å². The summed E-state index contributed by atoms with van der Waals surface area (Å²) in [7, 11) is 1.86. The number of carbonyl (C=O) groups is 1. The van der Waals surface area contributed by atoms with Crippen molar-refractivity contribution in [2.24, 2.45) is 12.8 Å². The maximum Gasteiger partial charge on any atom is 0.218 e. The largest absolute Gasteiger partial charge is 0.370 e. The number of rotatable bonds is 4. The summed E-state index contributed by atoms with van der Waals surface area (Å²) in [5, 5.41) is 3.99. The number of carbonyl (C=O) groups excluding carboxylic acids is 1. The predicted molar refractivity (Wildman–Crippen MR) is 47.7 cm³/mol. The Kier molecular flexibility index (Phi) is 3.16. The second kappa shape index (κ2) is 4.15. The molecule has 0 bridgehead atoms. The summed E-state index contributed by atoms with van der Waals surface area (Å²) in [6, 6.07) is 0. The number of aryl methyl sites for hydroxylation is 1. The fourth-order valence-corrected chi connectivity index (χ4v) is 1.63. The molecule has 0 saturated heterocycles. The van der Waals surface area contributed by atoms with Gasteiger partial charge in [-0.05, 0) is 0 Å². The summed E-state index contributed by atoms with van der Waals surface area (Å²) in [6.45, 7) is 0. The lowest BCUT2D eigenvalue weighted by Gasteiger charge is -1.93. The van der Waals surface area contributed by atoms with Crippen molar-refractivity contribution < 1.29 is 4.79 Å². The van der Waals surface area contributed by atoms with Crippen molar-refractivity contribution in [2.75, 3.05) is 5.75 Å². The van der Waals surface area contributed by atoms with E-state index >= 15 is 0 Å². The van der Waals surface area contributed by atoms with Crippen LogP contribution < -0.4 is 5.73 Å². The molecule has 0 aliphatic rings. The van der Waals surface area contributed by atoms with Gasteiger partial charge in [-0.1, -0.05) is 0 Å². The second-order valence-electron chi connectivity index (χ2n) is 2.41. The van der Waals surface area contributed by atoms with Gasteiger partial charge in [0.15, 0.2) is 0 Å². The first-order valence-corrected chi connectivity index (χ1v) is 4.57. The van der Waals surface area contributed by atoms with Gasteiger partial charge in [-0.15, -0.1) is 11.8 Å². The van der Waals surface area contributed by atoms with Gasteiger partial charge in [0.2, 0.25) is 5.91 Å². The summed E-state index contributed by atoms with van der Waals surface area (Å²) in [4.78, 5) is 11.5. The van der Waals surface area contributed by atoms with Gasteiger partial charge in [-0.2, -0.15) is 5.10 Å². The molecular formula is C7H11N3OS. The summed E-state index contributed by atoms with van der Waals surface area (Å²) in [5.74, 6) is 0.465. The number of aromatic nitrogens is 2. The van der Waals surface area contributed by atoms with Crippen molar-refractivity contribution >= 4 is 17.7 Å². The van der Waals surface area contributed by atoms with E-state index in [0.717, 1.165) is 10.6 Å².